The van der Waals surface area contributed by atoms with Crippen LogP contribution in [0.25, 0.3) is 0 Å². The summed E-state index contributed by atoms with van der Waals surface area (Å²) in [5.74, 6) is -0.608. The molecule has 0 spiro atoms. The maximum Gasteiger partial charge on any atom is 0.328 e. The SMILES string of the molecule is CCC(Nc1ccc(F)cc1I)C(=O)OC. The van der Waals surface area contributed by atoms with Gasteiger partial charge in [-0.1, -0.05) is 6.92 Å². The van der Waals surface area contributed by atoms with E-state index in [0.717, 1.165) is 9.26 Å². The zero-order chi connectivity index (χ0) is 12.1. The van der Waals surface area contributed by atoms with Crippen molar-refractivity contribution in [2.45, 2.75) is 19.4 Å². The molecule has 1 rings (SSSR count). The topological polar surface area (TPSA) is 38.3 Å². The Morgan fingerprint density at radius 1 is 1.62 bits per heavy atom. The monoisotopic (exact) mass is 337 g/mol. The third-order valence-corrected chi connectivity index (χ3v) is 3.05. The van der Waals surface area contributed by atoms with Crippen LogP contribution in [0.4, 0.5) is 10.1 Å². The first-order valence-electron chi connectivity index (χ1n) is 4.88. The summed E-state index contributed by atoms with van der Waals surface area (Å²) in [6, 6.07) is 3.98. The third kappa shape index (κ3) is 3.33. The Kier molecular flexibility index (Phi) is 4.98. The number of anilines is 1. The third-order valence-electron chi connectivity index (χ3n) is 2.15. The minimum atomic E-state index is -0.399. The van der Waals surface area contributed by atoms with Gasteiger partial charge in [-0.25, -0.2) is 9.18 Å². The van der Waals surface area contributed by atoms with E-state index in [-0.39, 0.29) is 11.8 Å². The lowest BCUT2D eigenvalue weighted by Gasteiger charge is -2.16. The van der Waals surface area contributed by atoms with Gasteiger partial charge in [-0.3, -0.25) is 0 Å². The van der Waals surface area contributed by atoms with Crippen LogP contribution in [0.2, 0.25) is 0 Å². The highest BCUT2D eigenvalue weighted by atomic mass is 127. The first-order valence-corrected chi connectivity index (χ1v) is 5.95. The second-order valence-electron chi connectivity index (χ2n) is 3.25. The Labute approximate surface area is 108 Å². The Balaban J connectivity index is 2.82. The van der Waals surface area contributed by atoms with Gasteiger partial charge in [0.15, 0.2) is 0 Å². The molecule has 1 aromatic rings. The van der Waals surface area contributed by atoms with Crippen molar-refractivity contribution in [2.75, 3.05) is 12.4 Å². The Hall–Kier alpha value is -0.850. The molecule has 0 aliphatic rings. The van der Waals surface area contributed by atoms with Gasteiger partial charge in [0, 0.05) is 9.26 Å². The molecule has 0 radical (unpaired) electrons. The molecule has 0 heterocycles. The van der Waals surface area contributed by atoms with Crippen LogP contribution < -0.4 is 5.32 Å². The van der Waals surface area contributed by atoms with Crippen molar-refractivity contribution in [2.24, 2.45) is 0 Å². The second-order valence-corrected chi connectivity index (χ2v) is 4.41. The minimum Gasteiger partial charge on any atom is -0.467 e. The molecule has 16 heavy (non-hydrogen) atoms. The molecule has 0 fully saturated rings. The van der Waals surface area contributed by atoms with E-state index in [1.54, 1.807) is 6.07 Å². The summed E-state index contributed by atoms with van der Waals surface area (Å²) in [7, 11) is 1.35. The summed E-state index contributed by atoms with van der Waals surface area (Å²) in [6.45, 7) is 1.88. The smallest absolute Gasteiger partial charge is 0.328 e. The highest BCUT2D eigenvalue weighted by Gasteiger charge is 2.17. The molecule has 88 valence electrons. The number of benzene rings is 1. The molecule has 0 bridgehead atoms. The molecule has 0 aliphatic heterocycles. The van der Waals surface area contributed by atoms with Gasteiger partial charge in [0.05, 0.1) is 7.11 Å². The molecule has 1 N–H and O–H groups in total. The van der Waals surface area contributed by atoms with E-state index in [0.29, 0.717) is 6.42 Å². The molecule has 5 heteroatoms. The number of carbonyl (C=O) groups excluding carboxylic acids is 1. The summed E-state index contributed by atoms with van der Waals surface area (Å²) in [5, 5.41) is 3.03. The molecule has 1 aromatic carbocycles. The average molecular weight is 337 g/mol. The van der Waals surface area contributed by atoms with E-state index in [1.807, 2.05) is 29.5 Å². The predicted molar refractivity (Wildman–Crippen MR) is 68.8 cm³/mol. The predicted octanol–water partition coefficient (Wildman–Crippen LogP) is 2.79. The van der Waals surface area contributed by atoms with Gasteiger partial charge in [0.25, 0.3) is 0 Å². The van der Waals surface area contributed by atoms with Crippen LogP contribution in [0, 0.1) is 9.39 Å². The van der Waals surface area contributed by atoms with Gasteiger partial charge in [-0.15, -0.1) is 0 Å². The zero-order valence-electron chi connectivity index (χ0n) is 9.09. The Morgan fingerprint density at radius 3 is 2.81 bits per heavy atom. The van der Waals surface area contributed by atoms with E-state index >= 15 is 0 Å². The highest BCUT2D eigenvalue weighted by Crippen LogP contribution is 2.20. The Morgan fingerprint density at radius 2 is 2.31 bits per heavy atom. The molecule has 0 saturated carbocycles. The largest absolute Gasteiger partial charge is 0.467 e. The van der Waals surface area contributed by atoms with Crippen molar-refractivity contribution < 1.29 is 13.9 Å². The van der Waals surface area contributed by atoms with Crippen molar-refractivity contribution >= 4 is 34.2 Å². The van der Waals surface area contributed by atoms with Gasteiger partial charge in [-0.05, 0) is 47.2 Å². The lowest BCUT2D eigenvalue weighted by atomic mass is 10.2. The fourth-order valence-corrected chi connectivity index (χ4v) is 1.90. The summed E-state index contributed by atoms with van der Waals surface area (Å²) >= 11 is 2.02. The molecule has 3 nitrogen and oxygen atoms in total. The van der Waals surface area contributed by atoms with Gasteiger partial charge < -0.3 is 10.1 Å². The normalized spacial score (nSPS) is 12.0. The van der Waals surface area contributed by atoms with Crippen molar-refractivity contribution in [1.29, 1.82) is 0 Å². The summed E-state index contributed by atoms with van der Waals surface area (Å²) in [4.78, 5) is 11.4. The van der Waals surface area contributed by atoms with Crippen LogP contribution in [0.1, 0.15) is 13.3 Å². The lowest BCUT2D eigenvalue weighted by molar-refractivity contribution is -0.141. The number of methoxy groups -OCH3 is 1. The molecule has 0 aliphatic carbocycles. The first kappa shape index (κ1) is 13.2. The zero-order valence-corrected chi connectivity index (χ0v) is 11.2. The van der Waals surface area contributed by atoms with Crippen molar-refractivity contribution in [3.05, 3.63) is 27.6 Å². The standard InChI is InChI=1S/C11H13FINO2/c1-3-9(11(15)16-2)14-10-5-4-7(12)6-8(10)13/h4-6,9,14H,3H2,1-2H3. The average Bonchev–Trinajstić information content (AvgIpc) is 2.27. The van der Waals surface area contributed by atoms with Gasteiger partial charge >= 0.3 is 5.97 Å². The van der Waals surface area contributed by atoms with E-state index < -0.39 is 6.04 Å². The molecular weight excluding hydrogens is 324 g/mol. The van der Waals surface area contributed by atoms with E-state index in [4.69, 9.17) is 0 Å². The van der Waals surface area contributed by atoms with Crippen molar-refractivity contribution in [1.82, 2.24) is 0 Å². The minimum absolute atomic E-state index is 0.291. The van der Waals surface area contributed by atoms with Gasteiger partial charge in [0.2, 0.25) is 0 Å². The number of hydrogen-bond donors (Lipinski definition) is 1. The molecule has 1 unspecified atom stereocenters. The molecular formula is C11H13FINO2. The van der Waals surface area contributed by atoms with E-state index in [2.05, 4.69) is 10.1 Å². The number of rotatable bonds is 4. The van der Waals surface area contributed by atoms with Crippen LogP contribution >= 0.6 is 22.6 Å². The molecule has 0 amide bonds. The van der Waals surface area contributed by atoms with Gasteiger partial charge in [-0.2, -0.15) is 0 Å². The Bertz CT molecular complexity index is 384. The fourth-order valence-electron chi connectivity index (χ4n) is 1.26. The number of hydrogen-bond acceptors (Lipinski definition) is 3. The number of ether oxygens (including phenoxy) is 1. The van der Waals surface area contributed by atoms with Crippen molar-refractivity contribution in [3.63, 3.8) is 0 Å². The van der Waals surface area contributed by atoms with Gasteiger partial charge in [0.1, 0.15) is 11.9 Å². The maximum atomic E-state index is 12.9. The maximum absolute atomic E-state index is 12.9. The lowest BCUT2D eigenvalue weighted by Crippen LogP contribution is -2.30. The second kappa shape index (κ2) is 6.03. The molecule has 1 atom stereocenters. The number of carbonyl (C=O) groups is 1. The highest BCUT2D eigenvalue weighted by molar-refractivity contribution is 14.1. The number of nitrogens with one attached hydrogen (secondary N) is 1. The molecule has 0 aromatic heterocycles. The van der Waals surface area contributed by atoms with E-state index in [1.165, 1.54) is 19.2 Å². The fraction of sp³-hybridized carbons (Fsp3) is 0.364. The van der Waals surface area contributed by atoms with Crippen molar-refractivity contribution in [3.8, 4) is 0 Å². The van der Waals surface area contributed by atoms with Crippen LogP contribution in [-0.2, 0) is 9.53 Å². The summed E-state index contributed by atoms with van der Waals surface area (Å²) < 4.78 is 18.3. The summed E-state index contributed by atoms with van der Waals surface area (Å²) in [6.07, 6.45) is 0.611. The number of esters is 1. The number of halogens is 2. The van der Waals surface area contributed by atoms with E-state index in [9.17, 15) is 9.18 Å². The summed E-state index contributed by atoms with van der Waals surface area (Å²) in [5.41, 5.74) is 0.735. The van der Waals surface area contributed by atoms with Crippen LogP contribution in [0.5, 0.6) is 0 Å². The quantitative estimate of drug-likeness (QED) is 0.678. The van der Waals surface area contributed by atoms with Crippen LogP contribution in [0.15, 0.2) is 18.2 Å². The first-order chi connectivity index (χ1) is 7.58. The molecule has 0 saturated heterocycles. The van der Waals surface area contributed by atoms with Crippen LogP contribution in [-0.4, -0.2) is 19.1 Å². The van der Waals surface area contributed by atoms with Crippen LogP contribution in [0.3, 0.4) is 0 Å².